The Hall–Kier alpha value is -3.54. The molecule has 36 heavy (non-hydrogen) atoms. The summed E-state index contributed by atoms with van der Waals surface area (Å²) in [6.07, 6.45) is 1.11. The van der Waals surface area contributed by atoms with Gasteiger partial charge in [-0.15, -0.1) is 11.3 Å². The lowest BCUT2D eigenvalue weighted by atomic mass is 9.97. The Morgan fingerprint density at radius 1 is 0.972 bits per heavy atom. The molecule has 0 spiro atoms. The van der Waals surface area contributed by atoms with Gasteiger partial charge in [-0.05, 0) is 48.6 Å². The Morgan fingerprint density at radius 2 is 1.67 bits per heavy atom. The van der Waals surface area contributed by atoms with Crippen molar-refractivity contribution in [3.8, 4) is 22.5 Å². The Bertz CT molecular complexity index is 1540. The second-order valence-electron chi connectivity index (χ2n) is 8.91. The van der Waals surface area contributed by atoms with Gasteiger partial charge in [0.15, 0.2) is 5.13 Å². The van der Waals surface area contributed by atoms with Crippen molar-refractivity contribution in [3.05, 3.63) is 99.9 Å². The molecular weight excluding hydrogens is 486 g/mol. The number of nitrogens with zero attached hydrogens (tertiary/aromatic N) is 2. The number of rotatable bonds is 6. The lowest BCUT2D eigenvalue weighted by Crippen LogP contribution is -2.15. The molecule has 5 rings (SSSR count). The molecule has 2 aromatic heterocycles. The molecule has 180 valence electrons. The van der Waals surface area contributed by atoms with Gasteiger partial charge in [0, 0.05) is 26.9 Å². The number of hydrogen-bond acceptors (Lipinski definition) is 4. The van der Waals surface area contributed by atoms with E-state index >= 15 is 0 Å². The number of halogens is 1. The standard InChI is InChI=1S/C30H26ClN3OS/c1-4-18(2)20-9-11-21(12-10-20)26-17-36-30(33-26)34-29(35)27-19(3)28(22-13-15-23(31)16-14-22)32-25-8-6-5-7-24(25)27/h5-18H,4H2,1-3H3,(H,33,34,35). The highest BCUT2D eigenvalue weighted by molar-refractivity contribution is 7.14. The quantitative estimate of drug-likeness (QED) is 0.248. The van der Waals surface area contributed by atoms with Gasteiger partial charge in [0.05, 0.1) is 22.5 Å². The Balaban J connectivity index is 1.47. The summed E-state index contributed by atoms with van der Waals surface area (Å²) in [7, 11) is 0. The van der Waals surface area contributed by atoms with Crippen LogP contribution in [0.5, 0.6) is 0 Å². The molecule has 1 atom stereocenters. The van der Waals surface area contributed by atoms with Crippen LogP contribution in [0.25, 0.3) is 33.4 Å². The van der Waals surface area contributed by atoms with E-state index in [4.69, 9.17) is 21.6 Å². The highest BCUT2D eigenvalue weighted by Crippen LogP contribution is 2.32. The molecule has 0 radical (unpaired) electrons. The van der Waals surface area contributed by atoms with Crippen molar-refractivity contribution in [1.82, 2.24) is 9.97 Å². The number of benzene rings is 3. The maximum absolute atomic E-state index is 13.6. The third kappa shape index (κ3) is 4.77. The van der Waals surface area contributed by atoms with Gasteiger partial charge in [-0.25, -0.2) is 9.97 Å². The number of thiazole rings is 1. The third-order valence-electron chi connectivity index (χ3n) is 6.59. The number of carbonyl (C=O) groups is 1. The van der Waals surface area contributed by atoms with E-state index in [-0.39, 0.29) is 5.91 Å². The number of anilines is 1. The van der Waals surface area contributed by atoms with Crippen LogP contribution < -0.4 is 5.32 Å². The maximum atomic E-state index is 13.6. The predicted molar refractivity (Wildman–Crippen MR) is 151 cm³/mol. The van der Waals surface area contributed by atoms with Crippen molar-refractivity contribution in [1.29, 1.82) is 0 Å². The monoisotopic (exact) mass is 511 g/mol. The van der Waals surface area contributed by atoms with E-state index < -0.39 is 0 Å². The number of hydrogen-bond donors (Lipinski definition) is 1. The fraction of sp³-hybridized carbons (Fsp3) is 0.167. The molecule has 2 heterocycles. The molecule has 0 saturated carbocycles. The molecule has 0 saturated heterocycles. The second kappa shape index (κ2) is 10.2. The smallest absolute Gasteiger partial charge is 0.258 e. The van der Waals surface area contributed by atoms with Gasteiger partial charge in [-0.3, -0.25) is 10.1 Å². The van der Waals surface area contributed by atoms with Crippen LogP contribution in [0.3, 0.4) is 0 Å². The number of nitrogens with one attached hydrogen (secondary N) is 1. The van der Waals surface area contributed by atoms with Gasteiger partial charge >= 0.3 is 0 Å². The van der Waals surface area contributed by atoms with E-state index in [0.717, 1.165) is 45.4 Å². The summed E-state index contributed by atoms with van der Waals surface area (Å²) in [6, 6.07) is 23.7. The van der Waals surface area contributed by atoms with Crippen LogP contribution in [0.15, 0.2) is 78.2 Å². The van der Waals surface area contributed by atoms with Crippen LogP contribution in [0.2, 0.25) is 5.02 Å². The maximum Gasteiger partial charge on any atom is 0.258 e. The molecule has 4 nitrogen and oxygen atoms in total. The molecular formula is C30H26ClN3OS. The molecule has 1 unspecified atom stereocenters. The largest absolute Gasteiger partial charge is 0.298 e. The molecule has 5 aromatic rings. The topological polar surface area (TPSA) is 54.9 Å². The minimum Gasteiger partial charge on any atom is -0.298 e. The van der Waals surface area contributed by atoms with Crippen LogP contribution in [0.4, 0.5) is 5.13 Å². The Morgan fingerprint density at radius 3 is 2.39 bits per heavy atom. The highest BCUT2D eigenvalue weighted by atomic mass is 35.5. The molecule has 3 aromatic carbocycles. The molecule has 0 aliphatic rings. The van der Waals surface area contributed by atoms with E-state index in [9.17, 15) is 4.79 Å². The van der Waals surface area contributed by atoms with Crippen LogP contribution in [-0.4, -0.2) is 15.9 Å². The first kappa shape index (κ1) is 24.2. The first-order valence-corrected chi connectivity index (χ1v) is 13.2. The number of pyridine rings is 1. The summed E-state index contributed by atoms with van der Waals surface area (Å²) < 4.78 is 0. The van der Waals surface area contributed by atoms with Crippen molar-refractivity contribution < 1.29 is 4.79 Å². The SMILES string of the molecule is CCC(C)c1ccc(-c2csc(NC(=O)c3c(C)c(-c4ccc(Cl)cc4)nc4ccccc34)n2)cc1. The van der Waals surface area contributed by atoms with Crippen LogP contribution in [0.1, 0.15) is 47.7 Å². The summed E-state index contributed by atoms with van der Waals surface area (Å²) in [6.45, 7) is 6.36. The van der Waals surface area contributed by atoms with Crippen molar-refractivity contribution in [3.63, 3.8) is 0 Å². The molecule has 1 N–H and O–H groups in total. The van der Waals surface area contributed by atoms with Crippen molar-refractivity contribution in [2.24, 2.45) is 0 Å². The second-order valence-corrected chi connectivity index (χ2v) is 10.2. The lowest BCUT2D eigenvalue weighted by molar-refractivity contribution is 0.102. The number of amides is 1. The number of para-hydroxylation sites is 1. The summed E-state index contributed by atoms with van der Waals surface area (Å²) in [4.78, 5) is 23.1. The van der Waals surface area contributed by atoms with Crippen molar-refractivity contribution in [2.75, 3.05) is 5.32 Å². The number of aromatic nitrogens is 2. The zero-order valence-electron chi connectivity index (χ0n) is 20.4. The van der Waals surface area contributed by atoms with E-state index in [2.05, 4.69) is 43.4 Å². The van der Waals surface area contributed by atoms with Crippen LogP contribution in [-0.2, 0) is 0 Å². The average Bonchev–Trinajstić information content (AvgIpc) is 3.36. The van der Waals surface area contributed by atoms with E-state index in [1.54, 1.807) is 0 Å². The predicted octanol–water partition coefficient (Wildman–Crippen LogP) is 8.75. The van der Waals surface area contributed by atoms with Crippen LogP contribution >= 0.6 is 22.9 Å². The van der Waals surface area contributed by atoms with Gasteiger partial charge in [0.1, 0.15) is 0 Å². The van der Waals surface area contributed by atoms with Gasteiger partial charge in [-0.1, -0.05) is 80.0 Å². The van der Waals surface area contributed by atoms with E-state index in [1.165, 1.54) is 16.9 Å². The first-order chi connectivity index (χ1) is 17.4. The summed E-state index contributed by atoms with van der Waals surface area (Å²) in [5.74, 6) is 0.329. The summed E-state index contributed by atoms with van der Waals surface area (Å²) >= 11 is 7.51. The molecule has 6 heteroatoms. The van der Waals surface area contributed by atoms with Gasteiger partial charge in [-0.2, -0.15) is 0 Å². The van der Waals surface area contributed by atoms with Gasteiger partial charge < -0.3 is 0 Å². The number of fused-ring (bicyclic) bond motifs is 1. The van der Waals surface area contributed by atoms with Gasteiger partial charge in [0.25, 0.3) is 5.91 Å². The first-order valence-electron chi connectivity index (χ1n) is 12.0. The zero-order chi connectivity index (χ0) is 25.2. The zero-order valence-corrected chi connectivity index (χ0v) is 22.0. The third-order valence-corrected chi connectivity index (χ3v) is 7.60. The normalized spacial score (nSPS) is 12.0. The highest BCUT2D eigenvalue weighted by Gasteiger charge is 2.20. The molecule has 0 aliphatic heterocycles. The molecule has 0 aliphatic carbocycles. The number of carbonyl (C=O) groups excluding carboxylic acids is 1. The fourth-order valence-electron chi connectivity index (χ4n) is 4.33. The Labute approximate surface area is 220 Å². The minimum absolute atomic E-state index is 0.200. The summed E-state index contributed by atoms with van der Waals surface area (Å²) in [5, 5.41) is 7.03. The fourth-order valence-corrected chi connectivity index (χ4v) is 5.17. The minimum atomic E-state index is -0.200. The average molecular weight is 512 g/mol. The van der Waals surface area contributed by atoms with Gasteiger partial charge in [0.2, 0.25) is 0 Å². The van der Waals surface area contributed by atoms with Crippen molar-refractivity contribution >= 4 is 44.9 Å². The Kier molecular flexibility index (Phi) is 6.86. The van der Waals surface area contributed by atoms with E-state index in [0.29, 0.717) is 21.6 Å². The lowest BCUT2D eigenvalue weighted by Gasteiger charge is -2.14. The van der Waals surface area contributed by atoms with E-state index in [1.807, 2.05) is 60.8 Å². The molecule has 0 bridgehead atoms. The van der Waals surface area contributed by atoms with Crippen molar-refractivity contribution in [2.45, 2.75) is 33.1 Å². The summed E-state index contributed by atoms with van der Waals surface area (Å²) in [5.41, 5.74) is 7.05. The molecule has 1 amide bonds. The van der Waals surface area contributed by atoms with Crippen LogP contribution in [0, 0.1) is 6.92 Å². The molecule has 0 fully saturated rings.